The summed E-state index contributed by atoms with van der Waals surface area (Å²) in [5, 5.41) is 8.68. The molecule has 0 spiro atoms. The minimum atomic E-state index is 0.375. The molecule has 1 aromatic heterocycles. The zero-order valence-electron chi connectivity index (χ0n) is 14.4. The molecule has 2 aromatic carbocycles. The topological polar surface area (TPSA) is 67.8 Å². The first kappa shape index (κ1) is 17.6. The molecular weight excluding hydrogens is 348 g/mol. The molecule has 0 amide bonds. The van der Waals surface area contributed by atoms with E-state index in [1.807, 2.05) is 48.5 Å². The van der Waals surface area contributed by atoms with Crippen molar-refractivity contribution in [2.75, 3.05) is 19.5 Å². The number of para-hydroxylation sites is 1. The van der Waals surface area contributed by atoms with Crippen molar-refractivity contribution in [2.45, 2.75) is 0 Å². The molecule has 1 heterocycles. The van der Waals surface area contributed by atoms with Gasteiger partial charge in [0.15, 0.2) is 16.6 Å². The smallest absolute Gasteiger partial charge is 0.191 e. The minimum Gasteiger partial charge on any atom is -0.493 e. The Hall–Kier alpha value is -3.19. The normalized spacial score (nSPS) is 10.7. The number of ether oxygens (including phenoxy) is 2. The Bertz CT molecular complexity index is 954. The van der Waals surface area contributed by atoms with E-state index in [0.29, 0.717) is 16.6 Å². The predicted molar refractivity (Wildman–Crippen MR) is 108 cm³/mol. The van der Waals surface area contributed by atoms with Gasteiger partial charge < -0.3 is 14.8 Å². The molecule has 2 N–H and O–H groups in total. The van der Waals surface area contributed by atoms with Crippen molar-refractivity contribution in [3.63, 3.8) is 0 Å². The first-order valence-electron chi connectivity index (χ1n) is 7.87. The van der Waals surface area contributed by atoms with Crippen LogP contribution in [0.25, 0.3) is 10.9 Å². The Morgan fingerprint density at radius 1 is 1.08 bits per heavy atom. The van der Waals surface area contributed by atoms with Crippen LogP contribution in [0.15, 0.2) is 59.8 Å². The van der Waals surface area contributed by atoms with E-state index in [0.717, 1.165) is 22.2 Å². The van der Waals surface area contributed by atoms with Crippen molar-refractivity contribution in [1.29, 1.82) is 0 Å². The quantitative estimate of drug-likeness (QED) is 0.409. The second kappa shape index (κ2) is 8.26. The van der Waals surface area contributed by atoms with Crippen LogP contribution in [0.2, 0.25) is 0 Å². The van der Waals surface area contributed by atoms with Crippen molar-refractivity contribution < 1.29 is 9.47 Å². The highest BCUT2D eigenvalue weighted by Gasteiger charge is 2.04. The van der Waals surface area contributed by atoms with Crippen LogP contribution in [-0.4, -0.2) is 30.5 Å². The molecule has 0 saturated heterocycles. The summed E-state index contributed by atoms with van der Waals surface area (Å²) in [6.45, 7) is 0. The average molecular weight is 366 g/mol. The third kappa shape index (κ3) is 4.07. The number of rotatable bonds is 5. The van der Waals surface area contributed by atoms with E-state index in [1.165, 1.54) is 0 Å². The second-order valence-corrected chi connectivity index (χ2v) is 5.73. The number of aromatic nitrogens is 1. The molecule has 0 aliphatic rings. The Kier molecular flexibility index (Phi) is 5.60. The van der Waals surface area contributed by atoms with Gasteiger partial charge in [-0.3, -0.25) is 10.4 Å². The number of methoxy groups -OCH3 is 2. The molecule has 0 radical (unpaired) electrons. The van der Waals surface area contributed by atoms with Gasteiger partial charge in [-0.15, -0.1) is 0 Å². The molecule has 0 fully saturated rings. The number of benzene rings is 2. The fraction of sp³-hybridized carbons (Fsp3) is 0.105. The van der Waals surface area contributed by atoms with E-state index in [9.17, 15) is 0 Å². The fourth-order valence-corrected chi connectivity index (χ4v) is 2.62. The lowest BCUT2D eigenvalue weighted by Gasteiger charge is -2.09. The third-order valence-corrected chi connectivity index (χ3v) is 3.86. The van der Waals surface area contributed by atoms with Crippen LogP contribution < -0.4 is 20.2 Å². The SMILES string of the molecule is COc1ccc(/C=N\NC(=S)Nc2cccc3cccnc23)cc1OC. The number of hydrazone groups is 1. The van der Waals surface area contributed by atoms with Crippen LogP contribution in [0.1, 0.15) is 5.56 Å². The molecule has 0 saturated carbocycles. The summed E-state index contributed by atoms with van der Waals surface area (Å²) >= 11 is 5.29. The molecule has 3 aromatic rings. The number of fused-ring (bicyclic) bond motifs is 1. The van der Waals surface area contributed by atoms with Gasteiger partial charge in [-0.1, -0.05) is 18.2 Å². The van der Waals surface area contributed by atoms with E-state index in [-0.39, 0.29) is 0 Å². The Labute approximate surface area is 156 Å². The number of pyridine rings is 1. The summed E-state index contributed by atoms with van der Waals surface area (Å²) in [5.74, 6) is 1.30. The van der Waals surface area contributed by atoms with Gasteiger partial charge in [-0.2, -0.15) is 5.10 Å². The molecule has 6 nitrogen and oxygen atoms in total. The molecule has 0 aliphatic heterocycles. The summed E-state index contributed by atoms with van der Waals surface area (Å²) in [6, 6.07) is 15.3. The second-order valence-electron chi connectivity index (χ2n) is 5.32. The monoisotopic (exact) mass is 366 g/mol. The highest BCUT2D eigenvalue weighted by atomic mass is 32.1. The summed E-state index contributed by atoms with van der Waals surface area (Å²) < 4.78 is 10.5. The van der Waals surface area contributed by atoms with Crippen LogP contribution in [0, 0.1) is 0 Å². The van der Waals surface area contributed by atoms with Gasteiger partial charge in [-0.25, -0.2) is 0 Å². The number of hydrogen-bond acceptors (Lipinski definition) is 5. The van der Waals surface area contributed by atoms with E-state index in [4.69, 9.17) is 21.7 Å². The molecule has 3 rings (SSSR count). The van der Waals surface area contributed by atoms with E-state index < -0.39 is 0 Å². The number of nitrogens with one attached hydrogen (secondary N) is 2. The van der Waals surface area contributed by atoms with Gasteiger partial charge in [0.05, 0.1) is 31.6 Å². The summed E-state index contributed by atoms with van der Waals surface area (Å²) in [6.07, 6.45) is 3.40. The third-order valence-electron chi connectivity index (χ3n) is 3.67. The standard InChI is InChI=1S/C19H18N4O2S/c1-24-16-9-8-13(11-17(16)25-2)12-21-23-19(26)22-15-7-3-5-14-6-4-10-20-18(14)15/h3-12H,1-2H3,(H2,22,23,26)/b21-12-. The average Bonchev–Trinajstić information content (AvgIpc) is 2.68. The van der Waals surface area contributed by atoms with Gasteiger partial charge in [0.25, 0.3) is 0 Å². The van der Waals surface area contributed by atoms with E-state index in [2.05, 4.69) is 20.8 Å². The number of nitrogens with zero attached hydrogens (tertiary/aromatic N) is 2. The Balaban J connectivity index is 1.66. The van der Waals surface area contributed by atoms with Crippen molar-refractivity contribution >= 4 is 40.1 Å². The minimum absolute atomic E-state index is 0.375. The van der Waals surface area contributed by atoms with Crippen molar-refractivity contribution in [1.82, 2.24) is 10.4 Å². The Morgan fingerprint density at radius 3 is 2.69 bits per heavy atom. The molecule has 0 bridgehead atoms. The highest BCUT2D eigenvalue weighted by Crippen LogP contribution is 2.26. The Morgan fingerprint density at radius 2 is 1.88 bits per heavy atom. The summed E-state index contributed by atoms with van der Waals surface area (Å²) in [7, 11) is 3.19. The highest BCUT2D eigenvalue weighted by molar-refractivity contribution is 7.80. The number of hydrogen-bond donors (Lipinski definition) is 2. The molecule has 0 atom stereocenters. The van der Waals surface area contributed by atoms with Gasteiger partial charge in [0, 0.05) is 11.6 Å². The van der Waals surface area contributed by atoms with Crippen LogP contribution in [-0.2, 0) is 0 Å². The van der Waals surface area contributed by atoms with Gasteiger partial charge in [-0.05, 0) is 48.1 Å². The predicted octanol–water partition coefficient (Wildman–Crippen LogP) is 3.57. The van der Waals surface area contributed by atoms with E-state index in [1.54, 1.807) is 26.6 Å². The lowest BCUT2D eigenvalue weighted by atomic mass is 10.2. The van der Waals surface area contributed by atoms with Crippen molar-refractivity contribution in [3.8, 4) is 11.5 Å². The zero-order chi connectivity index (χ0) is 18.4. The van der Waals surface area contributed by atoms with E-state index >= 15 is 0 Å². The van der Waals surface area contributed by atoms with Crippen LogP contribution in [0.5, 0.6) is 11.5 Å². The lowest BCUT2D eigenvalue weighted by Crippen LogP contribution is -2.24. The molecule has 7 heteroatoms. The maximum atomic E-state index is 5.29. The summed E-state index contributed by atoms with van der Waals surface area (Å²) in [5.41, 5.74) is 5.32. The van der Waals surface area contributed by atoms with Crippen molar-refractivity contribution in [3.05, 3.63) is 60.3 Å². The number of anilines is 1. The van der Waals surface area contributed by atoms with Gasteiger partial charge in [0.2, 0.25) is 0 Å². The molecule has 26 heavy (non-hydrogen) atoms. The lowest BCUT2D eigenvalue weighted by molar-refractivity contribution is 0.355. The first-order chi connectivity index (χ1) is 12.7. The van der Waals surface area contributed by atoms with Crippen LogP contribution in [0.4, 0.5) is 5.69 Å². The fourth-order valence-electron chi connectivity index (χ4n) is 2.45. The molecule has 132 valence electrons. The van der Waals surface area contributed by atoms with Gasteiger partial charge in [0.1, 0.15) is 0 Å². The van der Waals surface area contributed by atoms with Crippen LogP contribution in [0.3, 0.4) is 0 Å². The molecule has 0 unspecified atom stereocenters. The molecular formula is C19H18N4O2S. The number of thiocarbonyl (C=S) groups is 1. The first-order valence-corrected chi connectivity index (χ1v) is 8.28. The van der Waals surface area contributed by atoms with Gasteiger partial charge >= 0.3 is 0 Å². The maximum absolute atomic E-state index is 5.29. The van der Waals surface area contributed by atoms with Crippen LogP contribution >= 0.6 is 12.2 Å². The molecule has 0 aliphatic carbocycles. The summed E-state index contributed by atoms with van der Waals surface area (Å²) in [4.78, 5) is 4.38. The van der Waals surface area contributed by atoms with Crippen molar-refractivity contribution in [2.24, 2.45) is 5.10 Å². The maximum Gasteiger partial charge on any atom is 0.191 e. The zero-order valence-corrected chi connectivity index (χ0v) is 15.2. The largest absolute Gasteiger partial charge is 0.493 e.